The molecule has 0 aliphatic carbocycles. The zero-order chi connectivity index (χ0) is 7.56. The number of hydrogen-bond donors (Lipinski definition) is 1. The van der Waals surface area contributed by atoms with Crippen molar-refractivity contribution in [2.24, 2.45) is 0 Å². The average Bonchev–Trinajstić information content (AvgIpc) is 1.88. The molecule has 0 bridgehead atoms. The maximum Gasteiger partial charge on any atom is 0.435 e. The fourth-order valence-electron chi connectivity index (χ4n) is 0.502. The fourth-order valence-corrected chi connectivity index (χ4v) is 0.502. The number of nitrogens with zero attached hydrogens (tertiary/aromatic N) is 2. The second-order valence-electron chi connectivity index (χ2n) is 1.56. The molecular formula is C5H4N2O3. The third kappa shape index (κ3) is 1.02. The Morgan fingerprint density at radius 1 is 1.70 bits per heavy atom. The first kappa shape index (κ1) is 6.47. The molecule has 0 saturated heterocycles. The van der Waals surface area contributed by atoms with Crippen molar-refractivity contribution in [3.8, 4) is 0 Å². The van der Waals surface area contributed by atoms with Crippen LogP contribution in [0.5, 0.6) is 0 Å². The molecule has 1 rings (SSSR count). The average molecular weight is 140 g/mol. The summed E-state index contributed by atoms with van der Waals surface area (Å²) < 4.78 is 0.361. The van der Waals surface area contributed by atoms with Crippen LogP contribution in [0, 0.1) is 0 Å². The van der Waals surface area contributed by atoms with E-state index in [1.165, 1.54) is 12.3 Å². The second-order valence-corrected chi connectivity index (χ2v) is 1.56. The Morgan fingerprint density at radius 3 is 2.80 bits per heavy atom. The molecule has 52 valence electrons. The Kier molecular flexibility index (Phi) is 1.49. The highest BCUT2D eigenvalue weighted by Crippen LogP contribution is 1.73. The van der Waals surface area contributed by atoms with E-state index in [0.717, 1.165) is 6.07 Å². The van der Waals surface area contributed by atoms with E-state index in [4.69, 9.17) is 5.11 Å². The molecule has 0 amide bonds. The van der Waals surface area contributed by atoms with Gasteiger partial charge in [-0.2, -0.15) is 5.10 Å². The normalized spacial score (nSPS) is 9.20. The predicted octanol–water partition coefficient (Wildman–Crippen LogP) is -0.231. The molecule has 0 radical (unpaired) electrons. The minimum Gasteiger partial charge on any atom is -0.463 e. The maximum atomic E-state index is 10.6. The second kappa shape index (κ2) is 2.30. The molecule has 10 heavy (non-hydrogen) atoms. The molecule has 0 atom stereocenters. The van der Waals surface area contributed by atoms with Crippen molar-refractivity contribution in [2.45, 2.75) is 0 Å². The molecule has 0 aliphatic heterocycles. The monoisotopic (exact) mass is 140 g/mol. The summed E-state index contributed by atoms with van der Waals surface area (Å²) in [5.41, 5.74) is -0.644. The molecule has 0 unspecified atom stereocenters. The van der Waals surface area contributed by atoms with Crippen molar-refractivity contribution in [3.63, 3.8) is 0 Å². The van der Waals surface area contributed by atoms with E-state index in [1.807, 2.05) is 0 Å². The van der Waals surface area contributed by atoms with Crippen molar-refractivity contribution >= 4 is 6.09 Å². The summed E-state index contributed by atoms with van der Waals surface area (Å²) in [5.74, 6) is 0. The summed E-state index contributed by atoms with van der Waals surface area (Å²) in [6, 6.07) is 2.50. The van der Waals surface area contributed by atoms with Crippen molar-refractivity contribution in [2.75, 3.05) is 0 Å². The smallest absolute Gasteiger partial charge is 0.435 e. The van der Waals surface area contributed by atoms with Crippen LogP contribution in [0.4, 0.5) is 4.79 Å². The third-order valence-electron chi connectivity index (χ3n) is 0.897. The van der Waals surface area contributed by atoms with Gasteiger partial charge in [0.25, 0.3) is 5.56 Å². The van der Waals surface area contributed by atoms with Crippen LogP contribution in [0.2, 0.25) is 0 Å². The molecule has 0 aliphatic rings. The summed E-state index contributed by atoms with van der Waals surface area (Å²) in [6.45, 7) is 0. The lowest BCUT2D eigenvalue weighted by molar-refractivity contribution is 0.191. The topological polar surface area (TPSA) is 72.2 Å². The van der Waals surface area contributed by atoms with Crippen LogP contribution >= 0.6 is 0 Å². The lowest BCUT2D eigenvalue weighted by atomic mass is 10.6. The first-order valence-corrected chi connectivity index (χ1v) is 2.49. The van der Waals surface area contributed by atoms with Gasteiger partial charge in [0.15, 0.2) is 0 Å². The highest BCUT2D eigenvalue weighted by Gasteiger charge is 2.01. The number of aromatic nitrogens is 2. The van der Waals surface area contributed by atoms with Gasteiger partial charge in [0.1, 0.15) is 0 Å². The van der Waals surface area contributed by atoms with E-state index in [1.54, 1.807) is 0 Å². The van der Waals surface area contributed by atoms with Gasteiger partial charge < -0.3 is 5.11 Å². The van der Waals surface area contributed by atoms with E-state index >= 15 is 0 Å². The molecule has 1 aromatic rings. The van der Waals surface area contributed by atoms with Gasteiger partial charge in [0, 0.05) is 12.3 Å². The van der Waals surface area contributed by atoms with Crippen LogP contribution in [0.1, 0.15) is 0 Å². The van der Waals surface area contributed by atoms with Gasteiger partial charge in [-0.05, 0) is 6.07 Å². The number of hydrogen-bond acceptors (Lipinski definition) is 3. The quantitative estimate of drug-likeness (QED) is 0.540. The standard InChI is InChI=1S/C5H4N2O3/c8-4-2-1-3-6-7(4)5(9)10/h1-3H,(H,9,10). The summed E-state index contributed by atoms with van der Waals surface area (Å²) in [4.78, 5) is 20.7. The van der Waals surface area contributed by atoms with Crippen molar-refractivity contribution in [3.05, 3.63) is 28.7 Å². The van der Waals surface area contributed by atoms with Gasteiger partial charge in [-0.1, -0.05) is 0 Å². The van der Waals surface area contributed by atoms with Crippen LogP contribution in [-0.2, 0) is 0 Å². The van der Waals surface area contributed by atoms with Crippen LogP contribution < -0.4 is 5.56 Å². The Hall–Kier alpha value is -1.65. The molecule has 0 saturated carbocycles. The Labute approximate surface area is 55.5 Å². The zero-order valence-electron chi connectivity index (χ0n) is 4.89. The van der Waals surface area contributed by atoms with E-state index in [2.05, 4.69) is 5.10 Å². The summed E-state index contributed by atoms with van der Waals surface area (Å²) >= 11 is 0. The lowest BCUT2D eigenvalue weighted by Gasteiger charge is -1.91. The molecule has 0 spiro atoms. The molecule has 1 heterocycles. The van der Waals surface area contributed by atoms with E-state index in [-0.39, 0.29) is 0 Å². The van der Waals surface area contributed by atoms with Crippen LogP contribution in [0.15, 0.2) is 23.1 Å². The first-order valence-electron chi connectivity index (χ1n) is 2.49. The van der Waals surface area contributed by atoms with Gasteiger partial charge in [0.05, 0.1) is 0 Å². The lowest BCUT2D eigenvalue weighted by Crippen LogP contribution is -2.26. The predicted molar refractivity (Wildman–Crippen MR) is 31.9 cm³/mol. The minimum absolute atomic E-state index is 0.361. The van der Waals surface area contributed by atoms with Crippen molar-refractivity contribution in [1.82, 2.24) is 9.78 Å². The largest absolute Gasteiger partial charge is 0.463 e. The van der Waals surface area contributed by atoms with Crippen molar-refractivity contribution < 1.29 is 9.90 Å². The van der Waals surface area contributed by atoms with Crippen LogP contribution in [0.25, 0.3) is 0 Å². The number of carbonyl (C=O) groups is 1. The highest BCUT2D eigenvalue weighted by molar-refractivity contribution is 5.66. The van der Waals surface area contributed by atoms with Crippen LogP contribution in [-0.4, -0.2) is 21.0 Å². The van der Waals surface area contributed by atoms with Crippen LogP contribution in [0.3, 0.4) is 0 Å². The van der Waals surface area contributed by atoms with Gasteiger partial charge in [-0.3, -0.25) is 4.79 Å². The SMILES string of the molecule is O=C(O)n1ncccc1=O. The molecular weight excluding hydrogens is 136 g/mol. The molecule has 1 N–H and O–H groups in total. The Bertz CT molecular complexity index is 304. The molecule has 5 nitrogen and oxygen atoms in total. The van der Waals surface area contributed by atoms with E-state index in [9.17, 15) is 9.59 Å². The number of carboxylic acid groups (broad SMARTS) is 1. The van der Waals surface area contributed by atoms with E-state index in [0.29, 0.717) is 4.68 Å². The highest BCUT2D eigenvalue weighted by atomic mass is 16.4. The fraction of sp³-hybridized carbons (Fsp3) is 0. The summed E-state index contributed by atoms with van der Waals surface area (Å²) in [5, 5.41) is 11.5. The first-order chi connectivity index (χ1) is 4.72. The van der Waals surface area contributed by atoms with Gasteiger partial charge in [-0.25, -0.2) is 4.79 Å². The van der Waals surface area contributed by atoms with E-state index < -0.39 is 11.7 Å². The summed E-state index contributed by atoms with van der Waals surface area (Å²) in [6.07, 6.45) is -0.138. The molecule has 1 aromatic heterocycles. The Balaban J connectivity index is 3.29. The minimum atomic E-state index is -1.37. The third-order valence-corrected chi connectivity index (χ3v) is 0.897. The zero-order valence-corrected chi connectivity index (χ0v) is 4.89. The maximum absolute atomic E-state index is 10.6. The molecule has 5 heteroatoms. The Morgan fingerprint density at radius 2 is 2.40 bits per heavy atom. The molecule has 0 fully saturated rings. The van der Waals surface area contributed by atoms with Crippen molar-refractivity contribution in [1.29, 1.82) is 0 Å². The van der Waals surface area contributed by atoms with Gasteiger partial charge in [-0.15, -0.1) is 4.68 Å². The molecule has 0 aromatic carbocycles. The van der Waals surface area contributed by atoms with Gasteiger partial charge >= 0.3 is 6.09 Å². The number of rotatable bonds is 0. The van der Waals surface area contributed by atoms with Gasteiger partial charge in [0.2, 0.25) is 0 Å². The summed E-state index contributed by atoms with van der Waals surface area (Å²) in [7, 11) is 0.